The third kappa shape index (κ3) is 7.34. The monoisotopic (exact) mass is 508 g/mol. The first-order valence-electron chi connectivity index (χ1n) is 12.1. The Morgan fingerprint density at radius 2 is 1.58 bits per heavy atom. The van der Waals surface area contributed by atoms with Gasteiger partial charge in [0.05, 0.1) is 25.0 Å². The van der Waals surface area contributed by atoms with Crippen LogP contribution in [-0.2, 0) is 28.4 Å². The highest BCUT2D eigenvalue weighted by Gasteiger charge is 2.20. The number of hydrogen-bond acceptors (Lipinski definition) is 4. The fraction of sp³-hybridized carbons (Fsp3) is 0.345. The van der Waals surface area contributed by atoms with Crippen molar-refractivity contribution in [3.8, 4) is 5.75 Å². The average Bonchev–Trinajstić information content (AvgIpc) is 2.84. The van der Waals surface area contributed by atoms with E-state index >= 15 is 0 Å². The van der Waals surface area contributed by atoms with Crippen LogP contribution in [-0.4, -0.2) is 33.7 Å². The van der Waals surface area contributed by atoms with Gasteiger partial charge in [0.15, 0.2) is 0 Å². The summed E-state index contributed by atoms with van der Waals surface area (Å²) in [5, 5.41) is 2.86. The molecule has 0 aliphatic rings. The SMILES string of the molecule is CCc1ccccc1N(Cc1ccc(C(=O)NCCOc2ccc(C(C)(C)C)cc2)cc1)S(C)(=O)=O. The van der Waals surface area contributed by atoms with Gasteiger partial charge >= 0.3 is 0 Å². The summed E-state index contributed by atoms with van der Waals surface area (Å²) < 4.78 is 32.2. The Morgan fingerprint density at radius 3 is 2.17 bits per heavy atom. The van der Waals surface area contributed by atoms with E-state index < -0.39 is 10.0 Å². The molecule has 0 fully saturated rings. The van der Waals surface area contributed by atoms with Crippen molar-refractivity contribution in [2.75, 3.05) is 23.7 Å². The Bertz CT molecular complexity index is 1260. The van der Waals surface area contributed by atoms with E-state index in [2.05, 4.69) is 38.2 Å². The molecule has 0 unspecified atom stereocenters. The zero-order valence-electron chi connectivity index (χ0n) is 21.7. The van der Waals surface area contributed by atoms with Gasteiger partial charge in [0, 0.05) is 5.56 Å². The predicted molar refractivity (Wildman–Crippen MR) is 146 cm³/mol. The van der Waals surface area contributed by atoms with Crippen LogP contribution in [0.4, 0.5) is 5.69 Å². The maximum absolute atomic E-state index is 12.5. The van der Waals surface area contributed by atoms with Crippen molar-refractivity contribution in [2.24, 2.45) is 0 Å². The maximum Gasteiger partial charge on any atom is 0.251 e. The quantitative estimate of drug-likeness (QED) is 0.376. The Hall–Kier alpha value is -3.32. The number of carbonyl (C=O) groups is 1. The minimum atomic E-state index is -3.48. The van der Waals surface area contributed by atoms with E-state index in [0.29, 0.717) is 24.4 Å². The van der Waals surface area contributed by atoms with Crippen LogP contribution >= 0.6 is 0 Å². The molecular formula is C29H36N2O4S. The van der Waals surface area contributed by atoms with E-state index in [-0.39, 0.29) is 17.9 Å². The molecule has 1 amide bonds. The van der Waals surface area contributed by atoms with Gasteiger partial charge in [0.1, 0.15) is 12.4 Å². The molecule has 0 radical (unpaired) electrons. The molecule has 3 aromatic carbocycles. The van der Waals surface area contributed by atoms with Gasteiger partial charge in [-0.15, -0.1) is 0 Å². The minimum Gasteiger partial charge on any atom is -0.492 e. The molecule has 7 heteroatoms. The Labute approximate surface area is 215 Å². The first kappa shape index (κ1) is 27.3. The number of aryl methyl sites for hydroxylation is 1. The van der Waals surface area contributed by atoms with Crippen LogP contribution in [0.2, 0.25) is 0 Å². The highest BCUT2D eigenvalue weighted by atomic mass is 32.2. The summed E-state index contributed by atoms with van der Waals surface area (Å²) in [4.78, 5) is 12.5. The summed E-state index contributed by atoms with van der Waals surface area (Å²) in [6, 6.07) is 22.5. The van der Waals surface area contributed by atoms with Crippen LogP contribution in [0.25, 0.3) is 0 Å². The van der Waals surface area contributed by atoms with Crippen molar-refractivity contribution in [1.82, 2.24) is 5.32 Å². The molecule has 192 valence electrons. The second-order valence-corrected chi connectivity index (χ2v) is 11.7. The number of anilines is 1. The third-order valence-corrected chi connectivity index (χ3v) is 7.09. The third-order valence-electron chi connectivity index (χ3n) is 5.96. The number of hydrogen-bond donors (Lipinski definition) is 1. The van der Waals surface area contributed by atoms with E-state index in [1.165, 1.54) is 16.1 Å². The second kappa shape index (κ2) is 11.6. The van der Waals surface area contributed by atoms with Crippen molar-refractivity contribution in [1.29, 1.82) is 0 Å². The Kier molecular flexibility index (Phi) is 8.79. The molecule has 3 aromatic rings. The second-order valence-electron chi connectivity index (χ2n) is 9.83. The number of ether oxygens (including phenoxy) is 1. The molecule has 3 rings (SSSR count). The van der Waals surface area contributed by atoms with Gasteiger partial charge in [-0.25, -0.2) is 8.42 Å². The van der Waals surface area contributed by atoms with E-state index in [9.17, 15) is 13.2 Å². The lowest BCUT2D eigenvalue weighted by molar-refractivity contribution is 0.0947. The summed E-state index contributed by atoms with van der Waals surface area (Å²) in [5.74, 6) is 0.561. The molecule has 6 nitrogen and oxygen atoms in total. The number of rotatable bonds is 10. The molecule has 0 atom stereocenters. The lowest BCUT2D eigenvalue weighted by Gasteiger charge is -2.25. The summed E-state index contributed by atoms with van der Waals surface area (Å²) >= 11 is 0. The zero-order valence-corrected chi connectivity index (χ0v) is 22.6. The first-order valence-corrected chi connectivity index (χ1v) is 14.0. The number of nitrogens with one attached hydrogen (secondary N) is 1. The maximum atomic E-state index is 12.5. The molecule has 0 aromatic heterocycles. The van der Waals surface area contributed by atoms with Gasteiger partial charge in [-0.3, -0.25) is 9.10 Å². The number of nitrogens with zero attached hydrogens (tertiary/aromatic N) is 1. The molecule has 0 saturated heterocycles. The van der Waals surface area contributed by atoms with Crippen LogP contribution in [0, 0.1) is 0 Å². The van der Waals surface area contributed by atoms with Crippen molar-refractivity contribution in [2.45, 2.75) is 46.1 Å². The topological polar surface area (TPSA) is 75.7 Å². The molecule has 0 bridgehead atoms. The van der Waals surface area contributed by atoms with Crippen molar-refractivity contribution in [3.05, 3.63) is 95.1 Å². The smallest absolute Gasteiger partial charge is 0.251 e. The molecule has 0 heterocycles. The van der Waals surface area contributed by atoms with Gasteiger partial charge in [0.2, 0.25) is 10.0 Å². The summed E-state index contributed by atoms with van der Waals surface area (Å²) in [6.07, 6.45) is 1.94. The van der Waals surface area contributed by atoms with Crippen molar-refractivity contribution >= 4 is 21.6 Å². The van der Waals surface area contributed by atoms with Gasteiger partial charge < -0.3 is 10.1 Å². The van der Waals surface area contributed by atoms with Crippen molar-refractivity contribution in [3.63, 3.8) is 0 Å². The number of amides is 1. The van der Waals surface area contributed by atoms with E-state index in [1.54, 1.807) is 24.3 Å². The zero-order chi connectivity index (χ0) is 26.3. The number of benzene rings is 3. The average molecular weight is 509 g/mol. The molecule has 0 aliphatic carbocycles. The minimum absolute atomic E-state index is 0.0884. The summed E-state index contributed by atoms with van der Waals surface area (Å²) in [7, 11) is -3.48. The molecule has 1 N–H and O–H groups in total. The van der Waals surface area contributed by atoms with Crippen LogP contribution in [0.1, 0.15) is 54.7 Å². The predicted octanol–water partition coefficient (Wildman–Crippen LogP) is 5.32. The molecule has 0 spiro atoms. The Balaban J connectivity index is 1.56. The lowest BCUT2D eigenvalue weighted by Crippen LogP contribution is -2.30. The largest absolute Gasteiger partial charge is 0.492 e. The van der Waals surface area contributed by atoms with Crippen LogP contribution in [0.3, 0.4) is 0 Å². The van der Waals surface area contributed by atoms with Crippen LogP contribution < -0.4 is 14.4 Å². The first-order chi connectivity index (χ1) is 17.0. The highest BCUT2D eigenvalue weighted by Crippen LogP contribution is 2.26. The normalized spacial score (nSPS) is 11.7. The van der Waals surface area contributed by atoms with Gasteiger partial charge in [0.25, 0.3) is 5.91 Å². The van der Waals surface area contributed by atoms with Crippen molar-refractivity contribution < 1.29 is 17.9 Å². The molecule has 0 aliphatic heterocycles. The van der Waals surface area contributed by atoms with Crippen LogP contribution in [0.15, 0.2) is 72.8 Å². The highest BCUT2D eigenvalue weighted by molar-refractivity contribution is 7.92. The number of para-hydroxylation sites is 1. The standard InChI is InChI=1S/C29H36N2O4S/c1-6-23-9-7-8-10-27(23)31(36(5,33)34)21-22-11-13-24(14-12-22)28(32)30-19-20-35-26-17-15-25(16-18-26)29(2,3)4/h7-18H,6,19-21H2,1-5H3,(H,30,32). The molecule has 36 heavy (non-hydrogen) atoms. The van der Waals surface area contributed by atoms with Crippen LogP contribution in [0.5, 0.6) is 5.75 Å². The fourth-order valence-corrected chi connectivity index (χ4v) is 4.77. The fourth-order valence-electron chi connectivity index (χ4n) is 3.85. The summed E-state index contributed by atoms with van der Waals surface area (Å²) in [6.45, 7) is 9.42. The molecular weight excluding hydrogens is 472 g/mol. The summed E-state index contributed by atoms with van der Waals surface area (Å²) in [5.41, 5.74) is 4.27. The number of carbonyl (C=O) groups excluding carboxylic acids is 1. The number of sulfonamides is 1. The van der Waals surface area contributed by atoms with E-state index in [4.69, 9.17) is 4.74 Å². The van der Waals surface area contributed by atoms with E-state index in [0.717, 1.165) is 23.3 Å². The van der Waals surface area contributed by atoms with Gasteiger partial charge in [-0.2, -0.15) is 0 Å². The van der Waals surface area contributed by atoms with Gasteiger partial charge in [-0.1, -0.05) is 70.2 Å². The lowest BCUT2D eigenvalue weighted by atomic mass is 9.87. The van der Waals surface area contributed by atoms with E-state index in [1.807, 2.05) is 43.3 Å². The Morgan fingerprint density at radius 1 is 0.944 bits per heavy atom. The molecule has 0 saturated carbocycles. The van der Waals surface area contributed by atoms with Gasteiger partial charge in [-0.05, 0) is 58.9 Å².